The van der Waals surface area contributed by atoms with E-state index >= 15 is 0 Å². The number of ether oxygens (including phenoxy) is 2. The van der Waals surface area contributed by atoms with Crippen LogP contribution in [-0.2, 0) is 20.7 Å². The largest absolute Gasteiger partial charge is 0.505 e. The Morgan fingerprint density at radius 1 is 1.26 bits per heavy atom. The van der Waals surface area contributed by atoms with Crippen LogP contribution in [0.4, 0.5) is 4.79 Å². The Balaban J connectivity index is 2.92. The summed E-state index contributed by atoms with van der Waals surface area (Å²) in [6, 6.07) is 1.93. The van der Waals surface area contributed by atoms with Crippen molar-refractivity contribution in [3.8, 4) is 5.75 Å². The second-order valence-electron chi connectivity index (χ2n) is 5.83. The van der Waals surface area contributed by atoms with Crippen LogP contribution >= 0.6 is 23.2 Å². The molecule has 23 heavy (non-hydrogen) atoms. The molecular formula is C15H19Cl2NO5. The minimum atomic E-state index is -0.980. The number of nitrogens with one attached hydrogen (secondary N) is 1. The SMILES string of the molecule is COC(=O)[C@H](Cc1cc(Cl)c(O)c(Cl)c1)NC(=O)OC(C)(C)C. The molecule has 0 aliphatic carbocycles. The maximum atomic E-state index is 11.8. The normalized spacial score (nSPS) is 12.4. The molecule has 0 unspecified atom stereocenters. The third kappa shape index (κ3) is 6.15. The van der Waals surface area contributed by atoms with Gasteiger partial charge in [-0.25, -0.2) is 9.59 Å². The molecule has 1 amide bonds. The number of hydrogen-bond donors (Lipinski definition) is 2. The number of halogens is 2. The van der Waals surface area contributed by atoms with E-state index in [4.69, 9.17) is 27.9 Å². The molecule has 0 aromatic heterocycles. The average molecular weight is 364 g/mol. The molecule has 0 saturated carbocycles. The predicted molar refractivity (Wildman–Crippen MR) is 87.0 cm³/mol. The van der Waals surface area contributed by atoms with Gasteiger partial charge in [-0.3, -0.25) is 0 Å². The number of alkyl carbamates (subject to hydrolysis) is 1. The highest BCUT2D eigenvalue weighted by Gasteiger charge is 2.25. The van der Waals surface area contributed by atoms with E-state index in [-0.39, 0.29) is 22.2 Å². The lowest BCUT2D eigenvalue weighted by Crippen LogP contribution is -2.45. The highest BCUT2D eigenvalue weighted by molar-refractivity contribution is 6.37. The van der Waals surface area contributed by atoms with Gasteiger partial charge in [-0.1, -0.05) is 23.2 Å². The van der Waals surface area contributed by atoms with Crippen LogP contribution in [0.1, 0.15) is 26.3 Å². The van der Waals surface area contributed by atoms with Gasteiger partial charge in [0.05, 0.1) is 17.2 Å². The van der Waals surface area contributed by atoms with Crippen LogP contribution in [0.25, 0.3) is 0 Å². The molecule has 128 valence electrons. The van der Waals surface area contributed by atoms with Crippen molar-refractivity contribution in [2.75, 3.05) is 7.11 Å². The van der Waals surface area contributed by atoms with Crippen molar-refractivity contribution in [1.29, 1.82) is 0 Å². The van der Waals surface area contributed by atoms with Crippen LogP contribution < -0.4 is 5.32 Å². The van der Waals surface area contributed by atoms with Crippen molar-refractivity contribution in [2.24, 2.45) is 0 Å². The number of phenolic OH excluding ortho intramolecular Hbond substituents is 1. The lowest BCUT2D eigenvalue weighted by molar-refractivity contribution is -0.143. The smallest absolute Gasteiger partial charge is 0.408 e. The Morgan fingerprint density at radius 2 is 1.78 bits per heavy atom. The number of carbonyl (C=O) groups excluding carboxylic acids is 2. The number of rotatable bonds is 4. The zero-order valence-electron chi connectivity index (χ0n) is 13.3. The van der Waals surface area contributed by atoms with Gasteiger partial charge in [-0.15, -0.1) is 0 Å². The van der Waals surface area contributed by atoms with E-state index in [1.54, 1.807) is 20.8 Å². The van der Waals surface area contributed by atoms with Crippen molar-refractivity contribution in [3.05, 3.63) is 27.7 Å². The molecule has 1 aromatic carbocycles. The van der Waals surface area contributed by atoms with E-state index in [0.717, 1.165) is 0 Å². The second-order valence-corrected chi connectivity index (χ2v) is 6.65. The highest BCUT2D eigenvalue weighted by atomic mass is 35.5. The molecule has 0 heterocycles. The summed E-state index contributed by atoms with van der Waals surface area (Å²) in [4.78, 5) is 23.7. The van der Waals surface area contributed by atoms with E-state index in [1.165, 1.54) is 19.2 Å². The average Bonchev–Trinajstić information content (AvgIpc) is 2.41. The maximum Gasteiger partial charge on any atom is 0.408 e. The molecule has 0 radical (unpaired) electrons. The second kappa shape index (κ2) is 7.75. The standard InChI is InChI=1S/C15H19Cl2NO5/c1-15(2,3)23-14(21)18-11(13(20)22-4)7-8-5-9(16)12(19)10(17)6-8/h5-6,11,19H,7H2,1-4H3,(H,18,21)/t11-/m0/s1. The summed E-state index contributed by atoms with van der Waals surface area (Å²) in [7, 11) is 1.21. The summed E-state index contributed by atoms with van der Waals surface area (Å²) < 4.78 is 9.79. The maximum absolute atomic E-state index is 11.8. The molecule has 0 spiro atoms. The van der Waals surface area contributed by atoms with Gasteiger partial charge in [0.2, 0.25) is 0 Å². The van der Waals surface area contributed by atoms with E-state index in [9.17, 15) is 14.7 Å². The number of methoxy groups -OCH3 is 1. The van der Waals surface area contributed by atoms with Crippen molar-refractivity contribution < 1.29 is 24.2 Å². The zero-order chi connectivity index (χ0) is 17.8. The van der Waals surface area contributed by atoms with Crippen LogP contribution in [-0.4, -0.2) is 35.9 Å². The lowest BCUT2D eigenvalue weighted by Gasteiger charge is -2.22. The number of esters is 1. The number of amides is 1. The van der Waals surface area contributed by atoms with Gasteiger partial charge in [0.15, 0.2) is 5.75 Å². The van der Waals surface area contributed by atoms with Gasteiger partial charge in [0.1, 0.15) is 11.6 Å². The van der Waals surface area contributed by atoms with Gasteiger partial charge in [-0.2, -0.15) is 0 Å². The molecule has 0 aliphatic rings. The Bertz CT molecular complexity index is 575. The van der Waals surface area contributed by atoms with Crippen molar-refractivity contribution in [2.45, 2.75) is 38.8 Å². The fourth-order valence-corrected chi connectivity index (χ4v) is 2.29. The summed E-state index contributed by atoms with van der Waals surface area (Å²) in [5.74, 6) is -0.886. The first-order chi connectivity index (χ1) is 10.5. The van der Waals surface area contributed by atoms with Gasteiger partial charge in [0, 0.05) is 6.42 Å². The number of hydrogen-bond acceptors (Lipinski definition) is 5. The Labute approximate surface area is 144 Å². The summed E-state index contributed by atoms with van der Waals surface area (Å²) in [5.41, 5.74) is -0.153. The molecule has 0 aliphatic heterocycles. The van der Waals surface area contributed by atoms with E-state index in [2.05, 4.69) is 10.1 Å². The Hall–Kier alpha value is -1.66. The quantitative estimate of drug-likeness (QED) is 0.801. The van der Waals surface area contributed by atoms with Crippen LogP contribution in [0.5, 0.6) is 5.75 Å². The van der Waals surface area contributed by atoms with Gasteiger partial charge in [0.25, 0.3) is 0 Å². The van der Waals surface area contributed by atoms with Crippen molar-refractivity contribution >= 4 is 35.3 Å². The Morgan fingerprint density at radius 3 is 2.22 bits per heavy atom. The minimum Gasteiger partial charge on any atom is -0.505 e. The summed E-state index contributed by atoms with van der Waals surface area (Å²) in [6.45, 7) is 5.12. The lowest BCUT2D eigenvalue weighted by atomic mass is 10.1. The third-order valence-electron chi connectivity index (χ3n) is 2.69. The summed E-state index contributed by atoms with van der Waals surface area (Å²) in [5, 5.41) is 12.1. The molecule has 0 fully saturated rings. The predicted octanol–water partition coefficient (Wildman–Crippen LogP) is 3.31. The topological polar surface area (TPSA) is 84.9 Å². The number of carbonyl (C=O) groups is 2. The fraction of sp³-hybridized carbons (Fsp3) is 0.467. The third-order valence-corrected chi connectivity index (χ3v) is 3.27. The summed E-state index contributed by atoms with van der Waals surface area (Å²) >= 11 is 11.7. The molecule has 0 saturated heterocycles. The number of phenols is 1. The van der Waals surface area contributed by atoms with Crippen LogP contribution in [0.2, 0.25) is 10.0 Å². The van der Waals surface area contributed by atoms with E-state index in [0.29, 0.717) is 5.56 Å². The monoisotopic (exact) mass is 363 g/mol. The first kappa shape index (κ1) is 19.4. The first-order valence-corrected chi connectivity index (χ1v) is 7.53. The van der Waals surface area contributed by atoms with Crippen LogP contribution in [0.3, 0.4) is 0 Å². The minimum absolute atomic E-state index is 0.0494. The number of benzene rings is 1. The molecule has 2 N–H and O–H groups in total. The van der Waals surface area contributed by atoms with Crippen molar-refractivity contribution in [1.82, 2.24) is 5.32 Å². The van der Waals surface area contributed by atoms with E-state index < -0.39 is 23.7 Å². The van der Waals surface area contributed by atoms with Crippen molar-refractivity contribution in [3.63, 3.8) is 0 Å². The molecule has 1 atom stereocenters. The highest BCUT2D eigenvalue weighted by Crippen LogP contribution is 2.33. The zero-order valence-corrected chi connectivity index (χ0v) is 14.8. The molecule has 1 aromatic rings. The number of aromatic hydroxyl groups is 1. The first-order valence-electron chi connectivity index (χ1n) is 6.77. The summed E-state index contributed by atoms with van der Waals surface area (Å²) in [6.07, 6.45) is -0.671. The Kier molecular flexibility index (Phi) is 6.53. The van der Waals surface area contributed by atoms with E-state index in [1.807, 2.05) is 0 Å². The molecular weight excluding hydrogens is 345 g/mol. The molecule has 0 bridgehead atoms. The van der Waals surface area contributed by atoms with Gasteiger partial charge >= 0.3 is 12.1 Å². The van der Waals surface area contributed by atoms with Crippen LogP contribution in [0, 0.1) is 0 Å². The molecule has 1 rings (SSSR count). The van der Waals surface area contributed by atoms with Gasteiger partial charge < -0.3 is 19.9 Å². The van der Waals surface area contributed by atoms with Crippen LogP contribution in [0.15, 0.2) is 12.1 Å². The molecule has 6 nitrogen and oxygen atoms in total. The fourth-order valence-electron chi connectivity index (χ4n) is 1.76. The molecule has 8 heteroatoms. The van der Waals surface area contributed by atoms with Gasteiger partial charge in [-0.05, 0) is 38.5 Å².